The molecule has 0 aliphatic carbocycles. The van der Waals surface area contributed by atoms with E-state index < -0.39 is 28.6 Å². The summed E-state index contributed by atoms with van der Waals surface area (Å²) in [5, 5.41) is 0.257. The number of esters is 2. The fourth-order valence-corrected chi connectivity index (χ4v) is 2.95. The summed E-state index contributed by atoms with van der Waals surface area (Å²) >= 11 is 5.95. The maximum Gasteiger partial charge on any atom is 0.328 e. The number of carbonyl (C=O) groups is 4. The monoisotopic (exact) mass is 425 g/mol. The Labute approximate surface area is 176 Å². The number of unbranched alkanes of at least 4 members (excludes halogenated alkanes) is 1. The molecule has 1 atom stereocenters. The van der Waals surface area contributed by atoms with E-state index in [0.29, 0.717) is 6.42 Å². The number of carbonyl (C=O) groups excluding carboxylic acids is 4. The van der Waals surface area contributed by atoms with Gasteiger partial charge in [0.15, 0.2) is 11.2 Å². The molecule has 0 aliphatic heterocycles. The third-order valence-electron chi connectivity index (χ3n) is 4.18. The van der Waals surface area contributed by atoms with Crippen molar-refractivity contribution in [2.45, 2.75) is 65.9 Å². The SMILES string of the molecule is CCOC(=O)CCCCC(C(C)=O)(C(=O)OC(C)(C)C)C(=O)c1cc(Cl)ccn1. The highest BCUT2D eigenvalue weighted by Gasteiger charge is 2.53. The van der Waals surface area contributed by atoms with Crippen molar-refractivity contribution < 1.29 is 28.7 Å². The van der Waals surface area contributed by atoms with Crippen LogP contribution in [0, 0.1) is 5.41 Å². The summed E-state index contributed by atoms with van der Waals surface area (Å²) in [5.41, 5.74) is -3.05. The summed E-state index contributed by atoms with van der Waals surface area (Å²) in [6.45, 7) is 8.11. The molecule has 0 amide bonds. The maximum atomic E-state index is 13.3. The van der Waals surface area contributed by atoms with Gasteiger partial charge in [-0.25, -0.2) is 0 Å². The van der Waals surface area contributed by atoms with Gasteiger partial charge in [0.05, 0.1) is 6.61 Å². The zero-order chi connectivity index (χ0) is 22.2. The van der Waals surface area contributed by atoms with Crippen LogP contribution < -0.4 is 0 Å². The lowest BCUT2D eigenvalue weighted by molar-refractivity contribution is -0.167. The van der Waals surface area contributed by atoms with E-state index in [1.165, 1.54) is 25.3 Å². The zero-order valence-corrected chi connectivity index (χ0v) is 18.3. The predicted octanol–water partition coefficient (Wildman–Crippen LogP) is 3.96. The minimum atomic E-state index is -2.06. The van der Waals surface area contributed by atoms with Crippen molar-refractivity contribution in [3.63, 3.8) is 0 Å². The van der Waals surface area contributed by atoms with E-state index in [4.69, 9.17) is 21.1 Å². The van der Waals surface area contributed by atoms with Crippen LogP contribution in [0.25, 0.3) is 0 Å². The van der Waals surface area contributed by atoms with Crippen molar-refractivity contribution in [2.75, 3.05) is 6.61 Å². The number of Topliss-reactive ketones (excluding diaryl/α,β-unsaturated/α-hetero) is 2. The second-order valence-electron chi connectivity index (χ2n) is 7.66. The number of nitrogens with zero attached hydrogens (tertiary/aromatic N) is 1. The van der Waals surface area contributed by atoms with Gasteiger partial charge in [0.25, 0.3) is 0 Å². The average Bonchev–Trinajstić information content (AvgIpc) is 2.59. The van der Waals surface area contributed by atoms with Crippen LogP contribution in [0.1, 0.15) is 70.8 Å². The minimum Gasteiger partial charge on any atom is -0.466 e. The highest BCUT2D eigenvalue weighted by Crippen LogP contribution is 2.34. The molecule has 0 aromatic carbocycles. The molecule has 7 nitrogen and oxygen atoms in total. The molecule has 8 heteroatoms. The molecule has 0 radical (unpaired) electrons. The Hall–Kier alpha value is -2.28. The molecular formula is C21H28ClNO6. The van der Waals surface area contributed by atoms with Gasteiger partial charge in [-0.3, -0.25) is 24.2 Å². The molecular weight excluding hydrogens is 398 g/mol. The number of ether oxygens (including phenoxy) is 2. The first kappa shape index (κ1) is 24.8. The molecule has 160 valence electrons. The Kier molecular flexibility index (Phi) is 8.95. The second kappa shape index (κ2) is 10.5. The van der Waals surface area contributed by atoms with Crippen LogP contribution in [0.15, 0.2) is 18.3 Å². The van der Waals surface area contributed by atoms with Crippen molar-refractivity contribution in [1.82, 2.24) is 4.98 Å². The Bertz CT molecular complexity index is 771. The quantitative estimate of drug-likeness (QED) is 0.242. The number of halogens is 1. The van der Waals surface area contributed by atoms with Gasteiger partial charge in [-0.05, 0) is 59.6 Å². The molecule has 1 aromatic rings. The fourth-order valence-electron chi connectivity index (χ4n) is 2.79. The smallest absolute Gasteiger partial charge is 0.328 e. The molecule has 29 heavy (non-hydrogen) atoms. The van der Waals surface area contributed by atoms with Gasteiger partial charge in [-0.2, -0.15) is 0 Å². The van der Waals surface area contributed by atoms with E-state index >= 15 is 0 Å². The Morgan fingerprint density at radius 1 is 1.14 bits per heavy atom. The molecule has 0 bridgehead atoms. The summed E-state index contributed by atoms with van der Waals surface area (Å²) < 4.78 is 10.3. The molecule has 1 heterocycles. The third-order valence-corrected chi connectivity index (χ3v) is 4.41. The topological polar surface area (TPSA) is 99.6 Å². The maximum absolute atomic E-state index is 13.3. The number of pyridine rings is 1. The summed E-state index contributed by atoms with van der Waals surface area (Å²) in [5.74, 6) is -2.71. The Balaban J connectivity index is 3.22. The molecule has 0 N–H and O–H groups in total. The lowest BCUT2D eigenvalue weighted by Gasteiger charge is -2.31. The Morgan fingerprint density at radius 3 is 2.31 bits per heavy atom. The number of rotatable bonds is 10. The second-order valence-corrected chi connectivity index (χ2v) is 8.10. The number of aromatic nitrogens is 1. The van der Waals surface area contributed by atoms with Crippen molar-refractivity contribution in [3.8, 4) is 0 Å². The molecule has 0 aliphatic rings. The summed E-state index contributed by atoms with van der Waals surface area (Å²) in [4.78, 5) is 54.5. The van der Waals surface area contributed by atoms with E-state index in [0.717, 1.165) is 0 Å². The normalized spacial score (nSPS) is 13.3. The lowest BCUT2D eigenvalue weighted by atomic mass is 9.74. The predicted molar refractivity (Wildman–Crippen MR) is 108 cm³/mol. The van der Waals surface area contributed by atoms with Crippen LogP contribution in [-0.4, -0.2) is 40.7 Å². The number of hydrogen-bond donors (Lipinski definition) is 0. The molecule has 0 fully saturated rings. The third kappa shape index (κ3) is 6.92. The van der Waals surface area contributed by atoms with E-state index in [2.05, 4.69) is 4.98 Å². The first-order valence-corrected chi connectivity index (χ1v) is 9.88. The van der Waals surface area contributed by atoms with Crippen LogP contribution in [0.3, 0.4) is 0 Å². The van der Waals surface area contributed by atoms with Crippen molar-refractivity contribution >= 4 is 35.1 Å². The van der Waals surface area contributed by atoms with Gasteiger partial charge in [0, 0.05) is 17.6 Å². The van der Waals surface area contributed by atoms with Crippen molar-refractivity contribution in [3.05, 3.63) is 29.0 Å². The molecule has 0 saturated heterocycles. The van der Waals surface area contributed by atoms with Crippen LogP contribution in [0.5, 0.6) is 0 Å². The highest BCUT2D eigenvalue weighted by atomic mass is 35.5. The Morgan fingerprint density at radius 2 is 1.79 bits per heavy atom. The molecule has 1 rings (SSSR count). The number of ketones is 2. The van der Waals surface area contributed by atoms with Crippen LogP contribution in [0.4, 0.5) is 0 Å². The van der Waals surface area contributed by atoms with E-state index in [1.807, 2.05) is 0 Å². The van der Waals surface area contributed by atoms with E-state index in [-0.39, 0.29) is 42.6 Å². The average molecular weight is 426 g/mol. The van der Waals surface area contributed by atoms with Crippen LogP contribution >= 0.6 is 11.6 Å². The van der Waals surface area contributed by atoms with Gasteiger partial charge < -0.3 is 9.47 Å². The van der Waals surface area contributed by atoms with Crippen LogP contribution in [0.2, 0.25) is 5.02 Å². The lowest BCUT2D eigenvalue weighted by Crippen LogP contribution is -2.49. The largest absolute Gasteiger partial charge is 0.466 e. The van der Waals surface area contributed by atoms with Crippen LogP contribution in [-0.2, 0) is 23.9 Å². The van der Waals surface area contributed by atoms with E-state index in [1.54, 1.807) is 27.7 Å². The van der Waals surface area contributed by atoms with Gasteiger partial charge in [0.1, 0.15) is 11.3 Å². The first-order valence-electron chi connectivity index (χ1n) is 9.50. The number of hydrogen-bond acceptors (Lipinski definition) is 7. The zero-order valence-electron chi connectivity index (χ0n) is 17.5. The molecule has 0 saturated carbocycles. The van der Waals surface area contributed by atoms with Gasteiger partial charge >= 0.3 is 11.9 Å². The molecule has 1 unspecified atom stereocenters. The van der Waals surface area contributed by atoms with Crippen molar-refractivity contribution in [2.24, 2.45) is 5.41 Å². The van der Waals surface area contributed by atoms with E-state index in [9.17, 15) is 19.2 Å². The first-order chi connectivity index (χ1) is 13.4. The fraction of sp³-hybridized carbons (Fsp3) is 0.571. The standard InChI is InChI=1S/C21H28ClNO6/c1-6-28-17(25)9-7-8-11-21(14(2)24,19(27)29-20(3,4)5)18(26)16-13-15(22)10-12-23-16/h10,12-13H,6-9,11H2,1-5H3. The molecule has 0 spiro atoms. The highest BCUT2D eigenvalue weighted by molar-refractivity contribution is 6.31. The summed E-state index contributed by atoms with van der Waals surface area (Å²) in [6.07, 6.45) is 1.97. The minimum absolute atomic E-state index is 0.0936. The molecule has 1 aromatic heterocycles. The van der Waals surface area contributed by atoms with Crippen molar-refractivity contribution in [1.29, 1.82) is 0 Å². The van der Waals surface area contributed by atoms with Gasteiger partial charge in [-0.1, -0.05) is 18.0 Å². The summed E-state index contributed by atoms with van der Waals surface area (Å²) in [7, 11) is 0. The summed E-state index contributed by atoms with van der Waals surface area (Å²) in [6, 6.07) is 2.80. The van der Waals surface area contributed by atoms with Gasteiger partial charge in [-0.15, -0.1) is 0 Å². The van der Waals surface area contributed by atoms with Gasteiger partial charge in [0.2, 0.25) is 5.78 Å².